The van der Waals surface area contributed by atoms with Gasteiger partial charge in [0, 0.05) is 12.4 Å². The summed E-state index contributed by atoms with van der Waals surface area (Å²) in [5.41, 5.74) is 0.934. The summed E-state index contributed by atoms with van der Waals surface area (Å²) in [6, 6.07) is 0. The molecule has 0 atom stereocenters. The average Bonchev–Trinajstić information content (AvgIpc) is 2.58. The molecule has 1 aromatic rings. The van der Waals surface area contributed by atoms with E-state index >= 15 is 0 Å². The number of aromatic amines is 1. The summed E-state index contributed by atoms with van der Waals surface area (Å²) in [4.78, 5) is 17.0. The first kappa shape index (κ1) is 7.53. The molecule has 0 aromatic carbocycles. The highest BCUT2D eigenvalue weighted by Gasteiger charge is 2.16. The molecule has 1 aromatic heterocycles. The van der Waals surface area contributed by atoms with Gasteiger partial charge in [0.05, 0.1) is 0 Å². The molecule has 0 bridgehead atoms. The Morgan fingerprint density at radius 1 is 1.42 bits per heavy atom. The lowest BCUT2D eigenvalue weighted by molar-refractivity contribution is 0.711. The van der Waals surface area contributed by atoms with E-state index in [-0.39, 0.29) is 5.69 Å². The van der Waals surface area contributed by atoms with Gasteiger partial charge in [-0.1, -0.05) is 12.8 Å². The Hall–Kier alpha value is -1.12. The third-order valence-electron chi connectivity index (χ3n) is 2.52. The molecule has 1 fully saturated rings. The Balaban J connectivity index is 2.22. The molecule has 1 saturated carbocycles. The van der Waals surface area contributed by atoms with Gasteiger partial charge < -0.3 is 4.98 Å². The molecule has 2 rings (SSSR count). The van der Waals surface area contributed by atoms with Crippen molar-refractivity contribution in [3.8, 4) is 0 Å². The van der Waals surface area contributed by atoms with E-state index in [1.54, 1.807) is 12.4 Å². The van der Waals surface area contributed by atoms with E-state index in [9.17, 15) is 4.79 Å². The first-order chi connectivity index (χ1) is 5.86. The maximum Gasteiger partial charge on any atom is 0.344 e. The zero-order valence-corrected chi connectivity index (χ0v) is 6.92. The van der Waals surface area contributed by atoms with Crippen LogP contribution in [0.1, 0.15) is 37.2 Å². The maximum atomic E-state index is 10.7. The average molecular weight is 164 g/mol. The molecule has 3 nitrogen and oxygen atoms in total. The summed E-state index contributed by atoms with van der Waals surface area (Å²) in [5, 5.41) is 0. The van der Waals surface area contributed by atoms with Crippen LogP contribution in [0.4, 0.5) is 0 Å². The number of nitrogens with zero attached hydrogens (tertiary/aromatic N) is 1. The van der Waals surface area contributed by atoms with E-state index in [1.165, 1.54) is 31.2 Å². The molecule has 0 radical (unpaired) electrons. The van der Waals surface area contributed by atoms with E-state index in [1.807, 2.05) is 0 Å². The lowest BCUT2D eigenvalue weighted by Gasteiger charge is -2.06. The van der Waals surface area contributed by atoms with Gasteiger partial charge in [0.15, 0.2) is 0 Å². The molecule has 0 unspecified atom stereocenters. The van der Waals surface area contributed by atoms with Crippen molar-refractivity contribution in [1.82, 2.24) is 9.97 Å². The Kier molecular flexibility index (Phi) is 1.94. The molecule has 0 aliphatic heterocycles. The van der Waals surface area contributed by atoms with Crippen molar-refractivity contribution < 1.29 is 0 Å². The monoisotopic (exact) mass is 164 g/mol. The van der Waals surface area contributed by atoms with Crippen molar-refractivity contribution >= 4 is 0 Å². The fourth-order valence-electron chi connectivity index (χ4n) is 1.84. The standard InChI is InChI=1S/C9H12N2O/c12-9-10-5-8(6-11-9)7-3-1-2-4-7/h5-7H,1-4H2,(H,10,11,12). The van der Waals surface area contributed by atoms with Crippen LogP contribution in [0.5, 0.6) is 0 Å². The topological polar surface area (TPSA) is 45.8 Å². The fraction of sp³-hybridized carbons (Fsp3) is 0.556. The summed E-state index contributed by atoms with van der Waals surface area (Å²) in [5.74, 6) is 0.634. The number of hydrogen-bond donors (Lipinski definition) is 1. The number of rotatable bonds is 1. The highest BCUT2D eigenvalue weighted by atomic mass is 16.1. The summed E-state index contributed by atoms with van der Waals surface area (Å²) in [6.07, 6.45) is 8.61. The van der Waals surface area contributed by atoms with Crippen LogP contribution < -0.4 is 5.69 Å². The van der Waals surface area contributed by atoms with E-state index in [2.05, 4.69) is 9.97 Å². The third-order valence-corrected chi connectivity index (χ3v) is 2.52. The van der Waals surface area contributed by atoms with Crippen molar-refractivity contribution in [1.29, 1.82) is 0 Å². The van der Waals surface area contributed by atoms with Gasteiger partial charge in [0.25, 0.3) is 0 Å². The second kappa shape index (κ2) is 3.09. The Morgan fingerprint density at radius 2 is 2.17 bits per heavy atom. The van der Waals surface area contributed by atoms with Gasteiger partial charge in [-0.2, -0.15) is 0 Å². The summed E-state index contributed by atoms with van der Waals surface area (Å²) in [6.45, 7) is 0. The second-order valence-electron chi connectivity index (χ2n) is 3.33. The summed E-state index contributed by atoms with van der Waals surface area (Å²) < 4.78 is 0. The highest BCUT2D eigenvalue weighted by molar-refractivity contribution is 5.11. The number of H-pyrrole nitrogens is 1. The number of aromatic nitrogens is 2. The van der Waals surface area contributed by atoms with E-state index in [0.717, 1.165) is 0 Å². The Morgan fingerprint density at radius 3 is 2.75 bits per heavy atom. The van der Waals surface area contributed by atoms with Crippen LogP contribution in [-0.2, 0) is 0 Å². The van der Waals surface area contributed by atoms with Crippen LogP contribution >= 0.6 is 0 Å². The van der Waals surface area contributed by atoms with Crippen molar-refractivity contribution in [2.24, 2.45) is 0 Å². The van der Waals surface area contributed by atoms with Crippen LogP contribution in [0.3, 0.4) is 0 Å². The van der Waals surface area contributed by atoms with E-state index in [4.69, 9.17) is 0 Å². The van der Waals surface area contributed by atoms with Crippen LogP contribution in [0.15, 0.2) is 17.2 Å². The van der Waals surface area contributed by atoms with Crippen LogP contribution in [0.2, 0.25) is 0 Å². The predicted octanol–water partition coefficient (Wildman–Crippen LogP) is 1.43. The van der Waals surface area contributed by atoms with Crippen LogP contribution in [-0.4, -0.2) is 9.97 Å². The number of hydrogen-bond acceptors (Lipinski definition) is 2. The predicted molar refractivity (Wildman–Crippen MR) is 46.1 cm³/mol. The minimum Gasteiger partial charge on any atom is -0.312 e. The normalized spacial score (nSPS) is 18.3. The molecule has 0 amide bonds. The van der Waals surface area contributed by atoms with E-state index in [0.29, 0.717) is 5.92 Å². The molecule has 12 heavy (non-hydrogen) atoms. The van der Waals surface area contributed by atoms with E-state index < -0.39 is 0 Å². The maximum absolute atomic E-state index is 10.7. The fourth-order valence-corrected chi connectivity index (χ4v) is 1.84. The molecule has 0 saturated heterocycles. The Labute approximate surface area is 70.9 Å². The van der Waals surface area contributed by atoms with Gasteiger partial charge in [-0.3, -0.25) is 0 Å². The Bertz CT molecular complexity index is 292. The highest BCUT2D eigenvalue weighted by Crippen LogP contribution is 2.32. The molecule has 1 N–H and O–H groups in total. The van der Waals surface area contributed by atoms with Crippen molar-refractivity contribution in [3.05, 3.63) is 28.4 Å². The molecular weight excluding hydrogens is 152 g/mol. The molecule has 0 spiro atoms. The largest absolute Gasteiger partial charge is 0.344 e. The first-order valence-electron chi connectivity index (χ1n) is 4.41. The molecule has 3 heteroatoms. The summed E-state index contributed by atoms with van der Waals surface area (Å²) >= 11 is 0. The SMILES string of the molecule is O=c1ncc(C2CCCC2)c[nH]1. The van der Waals surface area contributed by atoms with Gasteiger partial charge in [0.1, 0.15) is 0 Å². The number of nitrogens with one attached hydrogen (secondary N) is 1. The molecule has 1 aliphatic carbocycles. The van der Waals surface area contributed by atoms with Crippen molar-refractivity contribution in [3.63, 3.8) is 0 Å². The minimum absolute atomic E-state index is 0.253. The third kappa shape index (κ3) is 1.40. The lowest BCUT2D eigenvalue weighted by Crippen LogP contribution is -2.10. The van der Waals surface area contributed by atoms with Gasteiger partial charge in [-0.05, 0) is 24.3 Å². The van der Waals surface area contributed by atoms with Crippen molar-refractivity contribution in [2.45, 2.75) is 31.6 Å². The molecule has 64 valence electrons. The minimum atomic E-state index is -0.253. The van der Waals surface area contributed by atoms with Gasteiger partial charge >= 0.3 is 5.69 Å². The van der Waals surface area contributed by atoms with Crippen LogP contribution in [0.25, 0.3) is 0 Å². The quantitative estimate of drug-likeness (QED) is 0.682. The van der Waals surface area contributed by atoms with Gasteiger partial charge in [0.2, 0.25) is 0 Å². The second-order valence-corrected chi connectivity index (χ2v) is 3.33. The summed E-state index contributed by atoms with van der Waals surface area (Å²) in [7, 11) is 0. The molecular formula is C9H12N2O. The first-order valence-corrected chi connectivity index (χ1v) is 4.41. The zero-order valence-electron chi connectivity index (χ0n) is 6.92. The van der Waals surface area contributed by atoms with Crippen LogP contribution in [0, 0.1) is 0 Å². The molecule has 1 aliphatic rings. The van der Waals surface area contributed by atoms with Gasteiger partial charge in [-0.25, -0.2) is 9.78 Å². The lowest BCUT2D eigenvalue weighted by atomic mass is 10.0. The van der Waals surface area contributed by atoms with Crippen molar-refractivity contribution in [2.75, 3.05) is 0 Å². The molecule has 1 heterocycles. The zero-order chi connectivity index (χ0) is 8.39. The van der Waals surface area contributed by atoms with Gasteiger partial charge in [-0.15, -0.1) is 0 Å². The smallest absolute Gasteiger partial charge is 0.312 e.